The van der Waals surface area contributed by atoms with Gasteiger partial charge in [0, 0.05) is 17.5 Å². The van der Waals surface area contributed by atoms with Gasteiger partial charge in [-0.3, -0.25) is 4.79 Å². The summed E-state index contributed by atoms with van der Waals surface area (Å²) in [5.41, 5.74) is 2.48. The van der Waals surface area contributed by atoms with Crippen LogP contribution in [0.4, 0.5) is 5.95 Å². The largest absolute Gasteiger partial charge is 0.354 e. The van der Waals surface area contributed by atoms with Crippen LogP contribution in [-0.4, -0.2) is 38.1 Å². The van der Waals surface area contributed by atoms with Gasteiger partial charge >= 0.3 is 0 Å². The number of para-hydroxylation sites is 1. The van der Waals surface area contributed by atoms with Gasteiger partial charge in [0.1, 0.15) is 6.04 Å². The molecule has 0 saturated carbocycles. The number of hydrogen-bond donors (Lipinski definition) is 2. The average molecular weight is 372 g/mol. The summed E-state index contributed by atoms with van der Waals surface area (Å²) in [5.74, 6) is 1.17. The van der Waals surface area contributed by atoms with Gasteiger partial charge in [0.05, 0.1) is 5.52 Å². The highest BCUT2D eigenvalue weighted by molar-refractivity contribution is 5.93. The highest BCUT2D eigenvalue weighted by atomic mass is 16.2. The Morgan fingerprint density at radius 2 is 1.82 bits per heavy atom. The Morgan fingerprint density at radius 3 is 2.71 bits per heavy atom. The van der Waals surface area contributed by atoms with Crippen molar-refractivity contribution in [3.63, 3.8) is 0 Å². The zero-order valence-electron chi connectivity index (χ0n) is 15.3. The van der Waals surface area contributed by atoms with E-state index in [0.29, 0.717) is 11.8 Å². The summed E-state index contributed by atoms with van der Waals surface area (Å²) in [4.78, 5) is 21.9. The molecule has 2 aromatic heterocycles. The molecule has 1 aliphatic rings. The van der Waals surface area contributed by atoms with Crippen LogP contribution in [0.3, 0.4) is 0 Å². The third-order valence-electron chi connectivity index (χ3n) is 5.05. The van der Waals surface area contributed by atoms with Crippen LogP contribution in [0.2, 0.25) is 0 Å². The number of carbonyl (C=O) groups is 1. The number of benzene rings is 2. The van der Waals surface area contributed by atoms with Crippen LogP contribution in [-0.2, 0) is 4.79 Å². The molecule has 140 valence electrons. The van der Waals surface area contributed by atoms with Crippen molar-refractivity contribution in [2.45, 2.75) is 25.3 Å². The van der Waals surface area contributed by atoms with Gasteiger partial charge < -0.3 is 10.6 Å². The highest BCUT2D eigenvalue weighted by Crippen LogP contribution is 2.24. The highest BCUT2D eigenvalue weighted by Gasteiger charge is 2.23. The first kappa shape index (κ1) is 16.7. The van der Waals surface area contributed by atoms with E-state index in [-0.39, 0.29) is 11.9 Å². The van der Waals surface area contributed by atoms with Crippen LogP contribution in [0.1, 0.15) is 19.3 Å². The van der Waals surface area contributed by atoms with Gasteiger partial charge in [0.2, 0.25) is 11.9 Å². The fourth-order valence-electron chi connectivity index (χ4n) is 3.59. The van der Waals surface area contributed by atoms with Gasteiger partial charge in [-0.15, -0.1) is 5.10 Å². The summed E-state index contributed by atoms with van der Waals surface area (Å²) in [6, 6.07) is 17.4. The fraction of sp³-hybridized carbons (Fsp3) is 0.238. The van der Waals surface area contributed by atoms with E-state index in [4.69, 9.17) is 15.1 Å². The Labute approximate surface area is 161 Å². The lowest BCUT2D eigenvalue weighted by molar-refractivity contribution is -0.121. The molecule has 0 spiro atoms. The van der Waals surface area contributed by atoms with Gasteiger partial charge in [-0.05, 0) is 31.4 Å². The van der Waals surface area contributed by atoms with E-state index in [1.807, 2.05) is 54.6 Å². The van der Waals surface area contributed by atoms with Crippen molar-refractivity contribution in [3.05, 3.63) is 54.6 Å². The molecule has 4 aromatic rings. The molecule has 1 atom stereocenters. The lowest BCUT2D eigenvalue weighted by Gasteiger charge is -2.16. The Hall–Kier alpha value is -3.48. The first-order valence-corrected chi connectivity index (χ1v) is 9.55. The van der Waals surface area contributed by atoms with Crippen molar-refractivity contribution in [2.75, 3.05) is 11.9 Å². The van der Waals surface area contributed by atoms with E-state index < -0.39 is 0 Å². The number of amides is 1. The lowest BCUT2D eigenvalue weighted by Crippen LogP contribution is -2.38. The van der Waals surface area contributed by atoms with Crippen molar-refractivity contribution >= 4 is 28.4 Å². The standard InChI is InChI=1S/C21H20N6O/c28-20-17(12-6-7-13-22-20)24-21-23-16-11-5-4-10-15(16)19-25-18(26-27(19)21)14-8-2-1-3-9-14/h1-5,8-11,17H,6-7,12-13H2,(H,22,28)(H,23,24). The molecule has 2 aromatic carbocycles. The molecule has 1 saturated heterocycles. The SMILES string of the molecule is O=C1NCCCCC1Nc1nc2ccccc2c2nc(-c3ccccc3)nn12. The molecule has 3 heterocycles. The molecule has 0 radical (unpaired) electrons. The van der Waals surface area contributed by atoms with E-state index in [1.165, 1.54) is 0 Å². The predicted molar refractivity (Wildman–Crippen MR) is 108 cm³/mol. The number of nitrogens with one attached hydrogen (secondary N) is 2. The lowest BCUT2D eigenvalue weighted by atomic mass is 10.1. The minimum Gasteiger partial charge on any atom is -0.354 e. The quantitative estimate of drug-likeness (QED) is 0.577. The third kappa shape index (κ3) is 2.94. The minimum atomic E-state index is -0.330. The molecule has 28 heavy (non-hydrogen) atoms. The minimum absolute atomic E-state index is 0.00371. The van der Waals surface area contributed by atoms with Crippen molar-refractivity contribution in [2.24, 2.45) is 0 Å². The van der Waals surface area contributed by atoms with Crippen molar-refractivity contribution in [3.8, 4) is 11.4 Å². The Kier molecular flexibility index (Phi) is 4.12. The zero-order chi connectivity index (χ0) is 18.9. The van der Waals surface area contributed by atoms with Gasteiger partial charge in [-0.2, -0.15) is 4.52 Å². The van der Waals surface area contributed by atoms with Crippen LogP contribution >= 0.6 is 0 Å². The predicted octanol–water partition coefficient (Wildman–Crippen LogP) is 3.03. The molecule has 7 heteroatoms. The second kappa shape index (κ2) is 6.92. The Morgan fingerprint density at radius 1 is 1.00 bits per heavy atom. The summed E-state index contributed by atoms with van der Waals surface area (Å²) in [6.07, 6.45) is 2.74. The second-order valence-corrected chi connectivity index (χ2v) is 6.97. The van der Waals surface area contributed by atoms with E-state index >= 15 is 0 Å². The molecule has 1 fully saturated rings. The van der Waals surface area contributed by atoms with E-state index in [1.54, 1.807) is 4.52 Å². The first-order chi connectivity index (χ1) is 13.8. The number of rotatable bonds is 3. The fourth-order valence-corrected chi connectivity index (χ4v) is 3.59. The molecule has 2 N–H and O–H groups in total. The molecule has 0 aliphatic carbocycles. The third-order valence-corrected chi connectivity index (χ3v) is 5.05. The van der Waals surface area contributed by atoms with Gasteiger partial charge in [0.15, 0.2) is 11.5 Å². The summed E-state index contributed by atoms with van der Waals surface area (Å²) < 4.78 is 1.71. The monoisotopic (exact) mass is 372 g/mol. The molecule has 5 rings (SSSR count). The van der Waals surface area contributed by atoms with Gasteiger partial charge in [-0.25, -0.2) is 9.97 Å². The maximum absolute atomic E-state index is 12.4. The molecular formula is C21H20N6O. The van der Waals surface area contributed by atoms with Crippen LogP contribution in [0.25, 0.3) is 27.9 Å². The van der Waals surface area contributed by atoms with Crippen LogP contribution < -0.4 is 10.6 Å². The number of carbonyl (C=O) groups excluding carboxylic acids is 1. The number of aromatic nitrogens is 4. The van der Waals surface area contributed by atoms with Gasteiger partial charge in [0.25, 0.3) is 0 Å². The van der Waals surface area contributed by atoms with E-state index in [0.717, 1.165) is 47.9 Å². The number of fused-ring (bicyclic) bond motifs is 3. The molecule has 7 nitrogen and oxygen atoms in total. The number of anilines is 1. The molecular weight excluding hydrogens is 352 g/mol. The second-order valence-electron chi connectivity index (χ2n) is 6.97. The normalized spacial score (nSPS) is 17.4. The molecule has 0 bridgehead atoms. The van der Waals surface area contributed by atoms with Crippen LogP contribution in [0.5, 0.6) is 0 Å². The van der Waals surface area contributed by atoms with E-state index in [2.05, 4.69) is 10.6 Å². The Balaban J connectivity index is 1.66. The molecule has 1 unspecified atom stereocenters. The first-order valence-electron chi connectivity index (χ1n) is 9.55. The number of hydrogen-bond acceptors (Lipinski definition) is 5. The van der Waals surface area contributed by atoms with Gasteiger partial charge in [-0.1, -0.05) is 42.5 Å². The molecule has 1 aliphatic heterocycles. The van der Waals surface area contributed by atoms with Crippen molar-refractivity contribution in [1.82, 2.24) is 24.9 Å². The maximum atomic E-state index is 12.4. The summed E-state index contributed by atoms with van der Waals surface area (Å²) in [6.45, 7) is 0.721. The smallest absolute Gasteiger partial charge is 0.242 e. The van der Waals surface area contributed by atoms with Crippen LogP contribution in [0.15, 0.2) is 54.6 Å². The Bertz CT molecular complexity index is 1150. The average Bonchev–Trinajstić information content (AvgIpc) is 3.09. The summed E-state index contributed by atoms with van der Waals surface area (Å²) in [5, 5.41) is 11.9. The van der Waals surface area contributed by atoms with E-state index in [9.17, 15) is 4.79 Å². The van der Waals surface area contributed by atoms with Crippen LogP contribution in [0, 0.1) is 0 Å². The van der Waals surface area contributed by atoms with Crippen molar-refractivity contribution < 1.29 is 4.79 Å². The topological polar surface area (TPSA) is 84.2 Å². The maximum Gasteiger partial charge on any atom is 0.242 e. The number of nitrogens with zero attached hydrogens (tertiary/aromatic N) is 4. The molecule has 1 amide bonds. The summed E-state index contributed by atoms with van der Waals surface area (Å²) >= 11 is 0. The zero-order valence-corrected chi connectivity index (χ0v) is 15.3. The summed E-state index contributed by atoms with van der Waals surface area (Å²) in [7, 11) is 0. The van der Waals surface area contributed by atoms with Crippen molar-refractivity contribution in [1.29, 1.82) is 0 Å².